The van der Waals surface area contributed by atoms with Gasteiger partial charge in [-0.05, 0) is 57.0 Å². The molecule has 0 aromatic carbocycles. The van der Waals surface area contributed by atoms with Gasteiger partial charge in [-0.1, -0.05) is 19.8 Å². The maximum atomic E-state index is 9.96. The first kappa shape index (κ1) is 37.8. The van der Waals surface area contributed by atoms with Crippen molar-refractivity contribution in [3.8, 4) is 0 Å². The van der Waals surface area contributed by atoms with Crippen LogP contribution in [0.2, 0.25) is 5.28 Å². The topological polar surface area (TPSA) is 202 Å². The summed E-state index contributed by atoms with van der Waals surface area (Å²) < 4.78 is 25.6. The van der Waals surface area contributed by atoms with Gasteiger partial charge in [0.25, 0.3) is 0 Å². The minimum Gasteiger partial charge on any atom is -0.854 e. The number of rotatable bonds is 2. The van der Waals surface area contributed by atoms with Gasteiger partial charge in [-0.25, -0.2) is 19.9 Å². The third-order valence-electron chi connectivity index (χ3n) is 5.36. The fraction of sp³-hybridized carbons (Fsp3) is 0.615. The molecule has 6 heterocycles. The number of aromatic amines is 2. The number of H-pyrrole nitrogens is 2. The predicted octanol–water partition coefficient (Wildman–Crippen LogP) is 0.942. The number of aryl methyl sites for hydroxylation is 1. The van der Waals surface area contributed by atoms with Gasteiger partial charge in [-0.2, -0.15) is 9.97 Å². The summed E-state index contributed by atoms with van der Waals surface area (Å²) in [6, 6.07) is 0. The molecule has 0 atom stereocenters. The fourth-order valence-electron chi connectivity index (χ4n) is 3.32. The molecule has 4 aromatic heterocycles. The zero-order valence-electron chi connectivity index (χ0n) is 25.9. The minimum absolute atomic E-state index is 0. The van der Waals surface area contributed by atoms with Gasteiger partial charge < -0.3 is 36.0 Å². The van der Waals surface area contributed by atoms with Crippen molar-refractivity contribution in [1.82, 2.24) is 39.9 Å². The molecule has 230 valence electrons. The van der Waals surface area contributed by atoms with Crippen LogP contribution in [0.1, 0.15) is 65.5 Å². The van der Waals surface area contributed by atoms with Gasteiger partial charge in [0.05, 0.1) is 21.2 Å². The van der Waals surface area contributed by atoms with Crippen molar-refractivity contribution in [3.63, 3.8) is 0 Å². The van der Waals surface area contributed by atoms with Crippen molar-refractivity contribution >= 4 is 45.6 Å². The summed E-state index contributed by atoms with van der Waals surface area (Å²) in [5, 5.41) is 9.64. The Morgan fingerprint density at radius 2 is 1.33 bits per heavy atom. The van der Waals surface area contributed by atoms with Crippen LogP contribution < -0.4 is 46.1 Å². The average Bonchev–Trinajstić information content (AvgIpc) is 3.67. The number of alkyl halides is 1. The van der Waals surface area contributed by atoms with Crippen molar-refractivity contribution in [2.45, 2.75) is 65.2 Å². The monoisotopic (exact) mass is 621 g/mol. The molecular formula is C26H43ClFN10NaO3. The summed E-state index contributed by atoms with van der Waals surface area (Å²) in [6.45, 7) is 7.89. The van der Waals surface area contributed by atoms with E-state index in [9.17, 15) is 9.50 Å². The quantitative estimate of drug-likeness (QED) is 0.183. The first-order valence-corrected chi connectivity index (χ1v) is 13.9. The van der Waals surface area contributed by atoms with Crippen LogP contribution in [-0.4, -0.2) is 80.1 Å². The number of fused-ring (bicyclic) bond motifs is 2. The number of hydrogen-bond donors (Lipinski definition) is 4. The maximum absolute atomic E-state index is 9.96. The summed E-state index contributed by atoms with van der Waals surface area (Å²) >= 11 is 5.52. The Balaban J connectivity index is 0.000000516. The molecule has 6 rings (SSSR count). The second-order valence-corrected chi connectivity index (χ2v) is 8.98. The van der Waals surface area contributed by atoms with Crippen LogP contribution in [0.5, 0.6) is 0 Å². The van der Waals surface area contributed by atoms with Gasteiger partial charge in [-0.3, -0.25) is 4.39 Å². The van der Waals surface area contributed by atoms with Crippen LogP contribution in [0.15, 0.2) is 12.7 Å². The molecule has 6 N–H and O–H groups in total. The van der Waals surface area contributed by atoms with Crippen molar-refractivity contribution in [2.24, 2.45) is 0 Å². The summed E-state index contributed by atoms with van der Waals surface area (Å²) in [4.78, 5) is 29.1. The molecular weight excluding hydrogens is 578 g/mol. The summed E-state index contributed by atoms with van der Waals surface area (Å²) in [5.41, 5.74) is 13.5. The van der Waals surface area contributed by atoms with E-state index in [1.807, 2.05) is 6.92 Å². The molecule has 0 amide bonds. The van der Waals surface area contributed by atoms with Crippen molar-refractivity contribution in [1.29, 1.82) is 0 Å². The Bertz CT molecular complexity index is 1120. The molecule has 2 aliphatic heterocycles. The molecule has 0 unspecified atom stereocenters. The van der Waals surface area contributed by atoms with Crippen LogP contribution in [0, 0.1) is 6.92 Å². The Morgan fingerprint density at radius 1 is 0.881 bits per heavy atom. The van der Waals surface area contributed by atoms with E-state index in [0.717, 1.165) is 39.3 Å². The average molecular weight is 622 g/mol. The molecule has 0 radical (unpaired) electrons. The number of nitrogens with two attached hydrogens (primary N) is 2. The zero-order chi connectivity index (χ0) is 31.0. The second kappa shape index (κ2) is 25.3. The Labute approximate surface area is 274 Å². The molecule has 2 aliphatic rings. The van der Waals surface area contributed by atoms with Crippen LogP contribution in [0.3, 0.4) is 0 Å². The van der Waals surface area contributed by atoms with E-state index in [-0.39, 0.29) is 41.4 Å². The summed E-state index contributed by atoms with van der Waals surface area (Å²) in [5.74, 6) is 1.41. The normalized spacial score (nSPS) is 13.9. The molecule has 42 heavy (non-hydrogen) atoms. The smallest absolute Gasteiger partial charge is 0.854 e. The molecule has 16 heteroatoms. The number of halogens is 2. The number of imidazole rings is 2. The Morgan fingerprint density at radius 3 is 1.69 bits per heavy atom. The number of ether oxygens (including phenoxy) is 2. The number of hydrogen-bond acceptors (Lipinski definition) is 11. The van der Waals surface area contributed by atoms with Crippen LogP contribution in [0.4, 0.5) is 16.0 Å². The molecule has 0 aliphatic carbocycles. The molecule has 0 bridgehead atoms. The number of unbranched alkanes of at least 4 members (excludes halogenated alkanes) is 1. The Kier molecular flexibility index (Phi) is 22.8. The standard InChI is InChI=1S/C6H7N5.C5H4ClN5.2C5H10O.C4H9O.CH3F.Na/c1-3-10-5(7)4-6(11-3)9-2-8-4;6-5-10-3(7)2-4(11-5)9-1-8-2;2*1-2-4-6-5-3-1;1-2-3-4-5;1-2;/h2H,1H3,(H3,7,8,9,10,11);1H,(H3,7,8,9,10,11);2*1-5H2;2-4H2,1H3;1H3;/q;;;;-1;;+1/i;;;;;1D;. The molecule has 2 saturated heterocycles. The Hall–Kier alpha value is -2.20. The predicted molar refractivity (Wildman–Crippen MR) is 158 cm³/mol. The van der Waals surface area contributed by atoms with Crippen LogP contribution in [0.25, 0.3) is 22.3 Å². The van der Waals surface area contributed by atoms with Gasteiger partial charge in [0.1, 0.15) is 16.9 Å². The fourth-order valence-corrected chi connectivity index (χ4v) is 3.49. The van der Waals surface area contributed by atoms with E-state index in [1.54, 1.807) is 13.3 Å². The van der Waals surface area contributed by atoms with E-state index < -0.39 is 7.15 Å². The van der Waals surface area contributed by atoms with E-state index in [0.29, 0.717) is 39.8 Å². The van der Waals surface area contributed by atoms with Crippen molar-refractivity contribution in [2.75, 3.05) is 51.7 Å². The first-order valence-electron chi connectivity index (χ1n) is 14.2. The van der Waals surface area contributed by atoms with Crippen molar-refractivity contribution in [3.05, 3.63) is 23.8 Å². The van der Waals surface area contributed by atoms with E-state index in [4.69, 9.17) is 33.9 Å². The van der Waals surface area contributed by atoms with E-state index in [1.165, 1.54) is 44.9 Å². The summed E-state index contributed by atoms with van der Waals surface area (Å²) in [7, 11) is -1.00. The molecule has 0 saturated carbocycles. The SMILES string of the molecule is C1CCOCC1.C1CCOCC1.CCCC[O-].Cc1nc(N)c2[nH]cnc2n1.Nc1nc(Cl)nc2nc[nH]c12.[2H]CF.[Na+]. The molecule has 4 aromatic rings. The van der Waals surface area contributed by atoms with Gasteiger partial charge in [0, 0.05) is 26.4 Å². The zero-order valence-corrected chi connectivity index (χ0v) is 27.6. The van der Waals surface area contributed by atoms with Gasteiger partial charge in [0.2, 0.25) is 5.28 Å². The first-order chi connectivity index (χ1) is 20.4. The number of nitrogens with one attached hydrogen (secondary N) is 2. The second-order valence-electron chi connectivity index (χ2n) is 8.64. The molecule has 2 fully saturated rings. The number of nitrogen functional groups attached to an aromatic ring is 2. The van der Waals surface area contributed by atoms with Gasteiger partial charge in [0.15, 0.2) is 22.9 Å². The maximum Gasteiger partial charge on any atom is 1.00 e. The van der Waals surface area contributed by atoms with Gasteiger partial charge >= 0.3 is 29.6 Å². The third kappa shape index (κ3) is 16.4. The van der Waals surface area contributed by atoms with Crippen LogP contribution >= 0.6 is 11.6 Å². The summed E-state index contributed by atoms with van der Waals surface area (Å²) in [6.07, 6.45) is 12.8. The number of nitrogens with zero attached hydrogens (tertiary/aromatic N) is 6. The van der Waals surface area contributed by atoms with Crippen molar-refractivity contribution < 1.29 is 49.9 Å². The van der Waals surface area contributed by atoms with E-state index >= 15 is 0 Å². The third-order valence-corrected chi connectivity index (χ3v) is 5.53. The largest absolute Gasteiger partial charge is 1.00 e. The van der Waals surface area contributed by atoms with Gasteiger partial charge in [-0.15, -0.1) is 6.61 Å². The molecule has 13 nitrogen and oxygen atoms in total. The number of aromatic nitrogens is 8. The molecule has 0 spiro atoms. The number of anilines is 2. The minimum atomic E-state index is -1.00. The van der Waals surface area contributed by atoms with E-state index in [2.05, 4.69) is 39.9 Å². The van der Waals surface area contributed by atoms with Crippen LogP contribution in [-0.2, 0) is 9.47 Å².